The second-order valence-electron chi connectivity index (χ2n) is 5.94. The van der Waals surface area contributed by atoms with Crippen molar-refractivity contribution in [3.63, 3.8) is 0 Å². The first-order valence-corrected chi connectivity index (χ1v) is 8.89. The summed E-state index contributed by atoms with van der Waals surface area (Å²) in [5, 5.41) is 5.64. The maximum absolute atomic E-state index is 11.7. The normalized spacial score (nSPS) is 14.6. The standard InChI is InChI=1S/C17H20Cl2N2O4/c18-13-7-6-11(8-14(13)19)9-16(23)25-10-15(22)21-17(24)20-12-4-2-1-3-5-12/h6-8,12H,1-5,9-10H2,(H2,20,21,22,24). The third-order valence-corrected chi connectivity index (χ3v) is 4.63. The van der Waals surface area contributed by atoms with Crippen LogP contribution in [0.5, 0.6) is 0 Å². The quantitative estimate of drug-likeness (QED) is 0.760. The molecule has 0 aromatic heterocycles. The van der Waals surface area contributed by atoms with Crippen LogP contribution < -0.4 is 10.6 Å². The fourth-order valence-corrected chi connectivity index (χ4v) is 2.97. The summed E-state index contributed by atoms with van der Waals surface area (Å²) < 4.78 is 4.86. The molecule has 0 atom stereocenters. The van der Waals surface area contributed by atoms with Crippen LogP contribution in [0.2, 0.25) is 10.0 Å². The number of halogens is 2. The van der Waals surface area contributed by atoms with E-state index in [-0.39, 0.29) is 12.5 Å². The third kappa shape index (κ3) is 6.92. The van der Waals surface area contributed by atoms with E-state index in [4.69, 9.17) is 27.9 Å². The van der Waals surface area contributed by atoms with Gasteiger partial charge in [0.05, 0.1) is 16.5 Å². The summed E-state index contributed by atoms with van der Waals surface area (Å²) in [4.78, 5) is 35.1. The van der Waals surface area contributed by atoms with Crippen LogP contribution in [-0.2, 0) is 20.7 Å². The van der Waals surface area contributed by atoms with Crippen molar-refractivity contribution in [2.24, 2.45) is 0 Å². The molecule has 136 valence electrons. The van der Waals surface area contributed by atoms with Gasteiger partial charge in [0.1, 0.15) is 0 Å². The lowest BCUT2D eigenvalue weighted by Crippen LogP contribution is -2.46. The predicted octanol–water partition coefficient (Wildman–Crippen LogP) is 3.24. The maximum Gasteiger partial charge on any atom is 0.321 e. The summed E-state index contributed by atoms with van der Waals surface area (Å²) in [5.41, 5.74) is 0.620. The molecule has 0 heterocycles. The fraction of sp³-hybridized carbons (Fsp3) is 0.471. The zero-order valence-electron chi connectivity index (χ0n) is 13.6. The van der Waals surface area contributed by atoms with Gasteiger partial charge in [-0.2, -0.15) is 0 Å². The zero-order valence-corrected chi connectivity index (χ0v) is 15.2. The lowest BCUT2D eigenvalue weighted by atomic mass is 9.96. The Hall–Kier alpha value is -1.79. The number of carbonyl (C=O) groups excluding carboxylic acids is 3. The van der Waals surface area contributed by atoms with Crippen molar-refractivity contribution in [2.45, 2.75) is 44.6 Å². The first kappa shape index (κ1) is 19.5. The molecule has 1 aromatic carbocycles. The molecule has 6 nitrogen and oxygen atoms in total. The molecule has 1 fully saturated rings. The van der Waals surface area contributed by atoms with Crippen molar-refractivity contribution >= 4 is 41.1 Å². The van der Waals surface area contributed by atoms with E-state index in [0.29, 0.717) is 15.6 Å². The van der Waals surface area contributed by atoms with Gasteiger partial charge in [0, 0.05) is 6.04 Å². The third-order valence-electron chi connectivity index (χ3n) is 3.89. The molecule has 1 aliphatic rings. The summed E-state index contributed by atoms with van der Waals surface area (Å²) in [7, 11) is 0. The minimum atomic E-state index is -0.671. The molecule has 0 unspecified atom stereocenters. The fourth-order valence-electron chi connectivity index (χ4n) is 2.64. The van der Waals surface area contributed by atoms with Crippen molar-refractivity contribution in [2.75, 3.05) is 6.61 Å². The van der Waals surface area contributed by atoms with Gasteiger partial charge in [0.25, 0.3) is 5.91 Å². The number of benzene rings is 1. The molecule has 1 saturated carbocycles. The van der Waals surface area contributed by atoms with Gasteiger partial charge in [0.2, 0.25) is 0 Å². The first-order valence-electron chi connectivity index (χ1n) is 8.14. The van der Waals surface area contributed by atoms with E-state index in [0.717, 1.165) is 25.7 Å². The molecular weight excluding hydrogens is 367 g/mol. The molecule has 8 heteroatoms. The molecule has 0 bridgehead atoms. The van der Waals surface area contributed by atoms with Crippen LogP contribution in [0.25, 0.3) is 0 Å². The number of hydrogen-bond acceptors (Lipinski definition) is 4. The summed E-state index contributed by atoms with van der Waals surface area (Å²) in [6.45, 7) is -0.516. The van der Waals surface area contributed by atoms with Gasteiger partial charge >= 0.3 is 12.0 Å². The smallest absolute Gasteiger partial charge is 0.321 e. The highest BCUT2D eigenvalue weighted by molar-refractivity contribution is 6.42. The minimum absolute atomic E-state index is 0.0432. The van der Waals surface area contributed by atoms with Crippen LogP contribution in [-0.4, -0.2) is 30.6 Å². The van der Waals surface area contributed by atoms with E-state index in [1.165, 1.54) is 6.42 Å². The van der Waals surface area contributed by atoms with Crippen molar-refractivity contribution < 1.29 is 19.1 Å². The van der Waals surface area contributed by atoms with Crippen LogP contribution in [0.3, 0.4) is 0 Å². The Balaban J connectivity index is 1.68. The van der Waals surface area contributed by atoms with E-state index in [2.05, 4.69) is 10.6 Å². The largest absolute Gasteiger partial charge is 0.455 e. The molecule has 0 radical (unpaired) electrons. The number of ether oxygens (including phenoxy) is 1. The van der Waals surface area contributed by atoms with Gasteiger partial charge in [-0.25, -0.2) is 4.79 Å². The van der Waals surface area contributed by atoms with Crippen LogP contribution >= 0.6 is 23.2 Å². The van der Waals surface area contributed by atoms with Gasteiger partial charge in [-0.15, -0.1) is 0 Å². The van der Waals surface area contributed by atoms with E-state index in [1.54, 1.807) is 18.2 Å². The van der Waals surface area contributed by atoms with Crippen molar-refractivity contribution in [3.05, 3.63) is 33.8 Å². The summed E-state index contributed by atoms with van der Waals surface area (Å²) in [6.07, 6.45) is 5.11. The average molecular weight is 387 g/mol. The summed E-state index contributed by atoms with van der Waals surface area (Å²) in [5.74, 6) is -1.27. The Morgan fingerprint density at radius 2 is 1.80 bits per heavy atom. The van der Waals surface area contributed by atoms with Crippen molar-refractivity contribution in [1.29, 1.82) is 0 Å². The monoisotopic (exact) mass is 386 g/mol. The van der Waals surface area contributed by atoms with Crippen molar-refractivity contribution in [1.82, 2.24) is 10.6 Å². The molecule has 2 N–H and O–H groups in total. The maximum atomic E-state index is 11.7. The lowest BCUT2D eigenvalue weighted by molar-refractivity contribution is -0.147. The van der Waals surface area contributed by atoms with Gasteiger partial charge < -0.3 is 10.1 Å². The number of esters is 1. The molecular formula is C17H20Cl2N2O4. The van der Waals surface area contributed by atoms with Crippen molar-refractivity contribution in [3.8, 4) is 0 Å². The Bertz CT molecular complexity index is 646. The van der Waals surface area contributed by atoms with Gasteiger partial charge in [-0.1, -0.05) is 48.5 Å². The average Bonchev–Trinajstić information content (AvgIpc) is 2.57. The van der Waals surface area contributed by atoms with Crippen LogP contribution in [0.1, 0.15) is 37.7 Å². The first-order chi connectivity index (χ1) is 11.9. The van der Waals surface area contributed by atoms with E-state index in [1.807, 2.05) is 0 Å². The SMILES string of the molecule is O=C(COC(=O)Cc1ccc(Cl)c(Cl)c1)NC(=O)NC1CCCCC1. The van der Waals surface area contributed by atoms with Gasteiger partial charge in [-0.3, -0.25) is 14.9 Å². The highest BCUT2D eigenvalue weighted by atomic mass is 35.5. The number of rotatable bonds is 5. The van der Waals surface area contributed by atoms with Gasteiger partial charge in [0.15, 0.2) is 6.61 Å². The number of carbonyl (C=O) groups is 3. The summed E-state index contributed by atoms with van der Waals surface area (Å²) >= 11 is 11.7. The predicted molar refractivity (Wildman–Crippen MR) is 94.7 cm³/mol. The minimum Gasteiger partial charge on any atom is -0.455 e. The Labute approximate surface area is 156 Å². The molecule has 2 rings (SSSR count). The Morgan fingerprint density at radius 1 is 1.08 bits per heavy atom. The molecule has 0 aliphatic heterocycles. The molecule has 0 saturated heterocycles. The van der Waals surface area contributed by atoms with E-state index < -0.39 is 24.5 Å². The number of urea groups is 1. The van der Waals surface area contributed by atoms with E-state index >= 15 is 0 Å². The molecule has 1 aliphatic carbocycles. The highest BCUT2D eigenvalue weighted by Crippen LogP contribution is 2.22. The number of imide groups is 1. The highest BCUT2D eigenvalue weighted by Gasteiger charge is 2.17. The molecule has 3 amide bonds. The Morgan fingerprint density at radius 3 is 2.48 bits per heavy atom. The Kier molecular flexibility index (Phi) is 7.52. The number of amides is 3. The van der Waals surface area contributed by atoms with Crippen LogP contribution in [0, 0.1) is 0 Å². The van der Waals surface area contributed by atoms with E-state index in [9.17, 15) is 14.4 Å². The van der Waals surface area contributed by atoms with Crippen LogP contribution in [0.15, 0.2) is 18.2 Å². The molecule has 0 spiro atoms. The zero-order chi connectivity index (χ0) is 18.2. The second kappa shape index (κ2) is 9.63. The van der Waals surface area contributed by atoms with Gasteiger partial charge in [-0.05, 0) is 30.5 Å². The molecule has 1 aromatic rings. The molecule has 25 heavy (non-hydrogen) atoms. The number of nitrogens with one attached hydrogen (secondary N) is 2. The summed E-state index contributed by atoms with van der Waals surface area (Å²) in [6, 6.07) is 4.32. The topological polar surface area (TPSA) is 84.5 Å². The number of hydrogen-bond donors (Lipinski definition) is 2. The second-order valence-corrected chi connectivity index (χ2v) is 6.76. The lowest BCUT2D eigenvalue weighted by Gasteiger charge is -2.22. The van der Waals surface area contributed by atoms with Crippen LogP contribution in [0.4, 0.5) is 4.79 Å².